The molecule has 7 heteroatoms. The van der Waals surface area contributed by atoms with Crippen LogP contribution in [0.25, 0.3) is 0 Å². The van der Waals surface area contributed by atoms with Crippen molar-refractivity contribution in [1.82, 2.24) is 0 Å². The summed E-state index contributed by atoms with van der Waals surface area (Å²) in [7, 11) is -6.15. The highest BCUT2D eigenvalue weighted by Gasteiger charge is 2.48. The lowest BCUT2D eigenvalue weighted by Crippen LogP contribution is -2.24. The Morgan fingerprint density at radius 1 is 0.741 bits per heavy atom. The first kappa shape index (κ1) is 19.5. The van der Waals surface area contributed by atoms with E-state index in [1.807, 2.05) is 60.7 Å². The van der Waals surface area contributed by atoms with Crippen LogP contribution in [-0.2, 0) is 20.7 Å². The molecule has 0 saturated carbocycles. The molecule has 0 bridgehead atoms. The van der Waals surface area contributed by atoms with Crippen LogP contribution in [0.5, 0.6) is 0 Å². The zero-order valence-electron chi connectivity index (χ0n) is 14.3. The SMILES string of the molecule is Cc1c([S+](c2ccccc2)c2ccccc2)cccc1S(=O)(=O)C(F)(F)F. The number of alkyl halides is 3. The topological polar surface area (TPSA) is 34.1 Å². The molecule has 0 atom stereocenters. The third-order valence-electron chi connectivity index (χ3n) is 4.01. The van der Waals surface area contributed by atoms with E-state index in [1.165, 1.54) is 13.0 Å². The van der Waals surface area contributed by atoms with Gasteiger partial charge in [-0.2, -0.15) is 13.2 Å². The van der Waals surface area contributed by atoms with Crippen LogP contribution in [0.15, 0.2) is 98.4 Å². The molecule has 3 aromatic rings. The van der Waals surface area contributed by atoms with Crippen LogP contribution >= 0.6 is 0 Å². The van der Waals surface area contributed by atoms with Crippen molar-refractivity contribution < 1.29 is 21.6 Å². The lowest BCUT2D eigenvalue weighted by atomic mass is 10.2. The highest BCUT2D eigenvalue weighted by atomic mass is 32.2. The molecule has 0 aliphatic rings. The minimum absolute atomic E-state index is 0.117. The molecule has 0 aliphatic carbocycles. The van der Waals surface area contributed by atoms with E-state index < -0.39 is 31.1 Å². The summed E-state index contributed by atoms with van der Waals surface area (Å²) in [4.78, 5) is 1.65. The molecule has 0 saturated heterocycles. The fraction of sp³-hybridized carbons (Fsp3) is 0.100. The normalized spacial score (nSPS) is 12.3. The van der Waals surface area contributed by atoms with Gasteiger partial charge in [-0.05, 0) is 43.3 Å². The van der Waals surface area contributed by atoms with E-state index in [2.05, 4.69) is 0 Å². The molecule has 0 aromatic heterocycles. The van der Waals surface area contributed by atoms with Gasteiger partial charge in [0.2, 0.25) is 0 Å². The Kier molecular flexibility index (Phi) is 5.35. The van der Waals surface area contributed by atoms with Gasteiger partial charge in [-0.1, -0.05) is 42.5 Å². The summed E-state index contributed by atoms with van der Waals surface area (Å²) in [5, 5.41) is 0. The van der Waals surface area contributed by atoms with E-state index >= 15 is 0 Å². The first-order valence-electron chi connectivity index (χ1n) is 7.99. The van der Waals surface area contributed by atoms with Crippen LogP contribution < -0.4 is 0 Å². The predicted octanol–water partition coefficient (Wildman–Crippen LogP) is 5.38. The molecule has 0 fully saturated rings. The number of hydrogen-bond acceptors (Lipinski definition) is 2. The van der Waals surface area contributed by atoms with Crippen molar-refractivity contribution in [3.63, 3.8) is 0 Å². The Bertz CT molecular complexity index is 992. The van der Waals surface area contributed by atoms with Crippen LogP contribution in [0.1, 0.15) is 5.56 Å². The van der Waals surface area contributed by atoms with E-state index in [9.17, 15) is 21.6 Å². The zero-order chi connectivity index (χ0) is 19.7. The number of rotatable bonds is 4. The van der Waals surface area contributed by atoms with Crippen molar-refractivity contribution in [3.8, 4) is 0 Å². The molecule has 0 spiro atoms. The van der Waals surface area contributed by atoms with Crippen molar-refractivity contribution in [2.75, 3.05) is 0 Å². The summed E-state index contributed by atoms with van der Waals surface area (Å²) >= 11 is 0. The minimum Gasteiger partial charge on any atom is -0.214 e. The highest BCUT2D eigenvalue weighted by Crippen LogP contribution is 2.38. The Morgan fingerprint density at radius 2 is 1.22 bits per heavy atom. The summed E-state index contributed by atoms with van der Waals surface area (Å²) in [6.45, 7) is 1.43. The van der Waals surface area contributed by atoms with Gasteiger partial charge in [0.1, 0.15) is 0 Å². The third-order valence-corrected chi connectivity index (χ3v) is 8.01. The van der Waals surface area contributed by atoms with Gasteiger partial charge in [-0.3, -0.25) is 0 Å². The zero-order valence-corrected chi connectivity index (χ0v) is 15.9. The lowest BCUT2D eigenvalue weighted by molar-refractivity contribution is -0.0436. The smallest absolute Gasteiger partial charge is 0.214 e. The number of hydrogen-bond donors (Lipinski definition) is 0. The Morgan fingerprint density at radius 3 is 1.67 bits per heavy atom. The fourth-order valence-electron chi connectivity index (χ4n) is 2.73. The molecule has 27 heavy (non-hydrogen) atoms. The monoisotopic (exact) mass is 409 g/mol. The summed E-state index contributed by atoms with van der Waals surface area (Å²) in [5.74, 6) is 0. The number of benzene rings is 3. The quantitative estimate of drug-likeness (QED) is 0.542. The molecule has 0 unspecified atom stereocenters. The van der Waals surface area contributed by atoms with Crippen molar-refractivity contribution in [1.29, 1.82) is 0 Å². The maximum Gasteiger partial charge on any atom is 0.501 e. The van der Waals surface area contributed by atoms with E-state index in [1.54, 1.807) is 6.07 Å². The Labute approximate surface area is 158 Å². The van der Waals surface area contributed by atoms with Crippen LogP contribution in [0, 0.1) is 6.92 Å². The van der Waals surface area contributed by atoms with Crippen molar-refractivity contribution in [3.05, 3.63) is 84.4 Å². The minimum atomic E-state index is -5.42. The van der Waals surface area contributed by atoms with Gasteiger partial charge in [-0.15, -0.1) is 0 Å². The summed E-state index contributed by atoms with van der Waals surface area (Å²) < 4.78 is 63.3. The average Bonchev–Trinajstić information content (AvgIpc) is 2.64. The van der Waals surface area contributed by atoms with E-state index in [-0.39, 0.29) is 5.56 Å². The van der Waals surface area contributed by atoms with E-state index in [4.69, 9.17) is 0 Å². The molecule has 0 heterocycles. The molecular weight excluding hydrogens is 393 g/mol. The molecule has 2 nitrogen and oxygen atoms in total. The lowest BCUT2D eigenvalue weighted by Gasteiger charge is -2.14. The van der Waals surface area contributed by atoms with Gasteiger partial charge < -0.3 is 0 Å². The summed E-state index contributed by atoms with van der Waals surface area (Å²) in [6, 6.07) is 22.7. The summed E-state index contributed by atoms with van der Waals surface area (Å²) in [6.07, 6.45) is 0. The molecule has 0 amide bonds. The van der Waals surface area contributed by atoms with Crippen LogP contribution in [0.4, 0.5) is 13.2 Å². The van der Waals surface area contributed by atoms with Gasteiger partial charge in [0, 0.05) is 5.56 Å². The maximum absolute atomic E-state index is 13.1. The van der Waals surface area contributed by atoms with E-state index in [0.29, 0.717) is 4.90 Å². The Hall–Kier alpha value is -2.25. The van der Waals surface area contributed by atoms with Gasteiger partial charge in [0.15, 0.2) is 14.7 Å². The first-order valence-corrected chi connectivity index (χ1v) is 10.7. The molecule has 0 aliphatic heterocycles. The molecular formula is C20H16F3O2S2+. The molecule has 3 aromatic carbocycles. The number of sulfone groups is 1. The van der Waals surface area contributed by atoms with Crippen molar-refractivity contribution in [2.24, 2.45) is 0 Å². The van der Waals surface area contributed by atoms with Gasteiger partial charge in [0.05, 0.1) is 15.8 Å². The second kappa shape index (κ2) is 7.40. The van der Waals surface area contributed by atoms with Crippen molar-refractivity contribution >= 4 is 20.7 Å². The third kappa shape index (κ3) is 3.75. The second-order valence-electron chi connectivity index (χ2n) is 5.76. The molecule has 140 valence electrons. The van der Waals surface area contributed by atoms with Gasteiger partial charge >= 0.3 is 5.51 Å². The van der Waals surface area contributed by atoms with Gasteiger partial charge in [-0.25, -0.2) is 8.42 Å². The van der Waals surface area contributed by atoms with Crippen LogP contribution in [0.2, 0.25) is 0 Å². The Balaban J connectivity index is 2.25. The van der Waals surface area contributed by atoms with Crippen molar-refractivity contribution in [2.45, 2.75) is 32.0 Å². The number of halogens is 3. The van der Waals surface area contributed by atoms with Gasteiger partial charge in [0.25, 0.3) is 9.84 Å². The highest BCUT2D eigenvalue weighted by molar-refractivity contribution is 7.97. The average molecular weight is 409 g/mol. The fourth-order valence-corrected chi connectivity index (χ4v) is 6.09. The van der Waals surface area contributed by atoms with Crippen LogP contribution in [-0.4, -0.2) is 13.9 Å². The maximum atomic E-state index is 13.1. The predicted molar refractivity (Wildman–Crippen MR) is 99.5 cm³/mol. The standard InChI is InChI=1S/C20H16F3O2S2/c1-15-18(13-8-14-19(15)27(24,25)20(21,22)23)26(16-9-4-2-5-10-16)17-11-6-3-7-12-17/h2-14H,1H3/q+1. The second-order valence-corrected chi connectivity index (χ2v) is 9.67. The van der Waals surface area contributed by atoms with E-state index in [0.717, 1.165) is 15.9 Å². The molecule has 3 rings (SSSR count). The first-order chi connectivity index (χ1) is 12.7. The molecule has 0 radical (unpaired) electrons. The summed E-state index contributed by atoms with van der Waals surface area (Å²) in [5.41, 5.74) is -5.22. The van der Waals surface area contributed by atoms with Crippen LogP contribution in [0.3, 0.4) is 0 Å². The largest absolute Gasteiger partial charge is 0.501 e. The molecule has 0 N–H and O–H groups in total.